The number of benzene rings is 3. The lowest BCUT2D eigenvalue weighted by Gasteiger charge is -2.28. The van der Waals surface area contributed by atoms with E-state index in [2.05, 4.69) is 61.5 Å². The summed E-state index contributed by atoms with van der Waals surface area (Å²) in [5.41, 5.74) is 3.63. The predicted molar refractivity (Wildman–Crippen MR) is 154 cm³/mol. The largest absolute Gasteiger partial charge is 0.491 e. The van der Waals surface area contributed by atoms with Gasteiger partial charge in [-0.15, -0.1) is 0 Å². The fourth-order valence-corrected chi connectivity index (χ4v) is 5.78. The van der Waals surface area contributed by atoms with Crippen molar-refractivity contribution in [3.63, 3.8) is 0 Å². The Morgan fingerprint density at radius 2 is 1.63 bits per heavy atom. The molecule has 1 aliphatic carbocycles. The van der Waals surface area contributed by atoms with Crippen molar-refractivity contribution < 1.29 is 19.7 Å². The van der Waals surface area contributed by atoms with Crippen molar-refractivity contribution in [1.29, 1.82) is 0 Å². The third-order valence-corrected chi connectivity index (χ3v) is 7.82. The normalized spacial score (nSPS) is 20.4. The van der Waals surface area contributed by atoms with Gasteiger partial charge in [0.25, 0.3) is 0 Å². The molecular weight excluding hydrogens is 472 g/mol. The molecule has 1 fully saturated rings. The van der Waals surface area contributed by atoms with E-state index in [1.54, 1.807) is 0 Å². The van der Waals surface area contributed by atoms with E-state index in [4.69, 9.17) is 9.47 Å². The summed E-state index contributed by atoms with van der Waals surface area (Å²) in [4.78, 5) is 0. The molecule has 3 aromatic rings. The highest BCUT2D eigenvalue weighted by atomic mass is 16.5. The van der Waals surface area contributed by atoms with Crippen LogP contribution in [0, 0.1) is 5.92 Å². The SMILES string of the molecule is CC(CCCc1ccccc1)Oc1ccc([C@@H]2C[C@H](O)CCC[C@H]2CCCO)c(OCc2ccccc2)c1. The minimum Gasteiger partial charge on any atom is -0.491 e. The molecule has 0 saturated heterocycles. The highest BCUT2D eigenvalue weighted by Crippen LogP contribution is 2.44. The Bertz CT molecular complexity index is 1070. The molecule has 0 aliphatic heterocycles. The summed E-state index contributed by atoms with van der Waals surface area (Å²) in [6.45, 7) is 2.83. The van der Waals surface area contributed by atoms with E-state index in [9.17, 15) is 10.2 Å². The van der Waals surface area contributed by atoms with Crippen LogP contribution in [0.15, 0.2) is 78.9 Å². The van der Waals surface area contributed by atoms with Crippen molar-refractivity contribution >= 4 is 0 Å². The minimum atomic E-state index is -0.304. The van der Waals surface area contributed by atoms with Gasteiger partial charge in [-0.05, 0) is 92.9 Å². The number of rotatable bonds is 13. The average Bonchev–Trinajstić information content (AvgIpc) is 3.12. The molecule has 2 N–H and O–H groups in total. The van der Waals surface area contributed by atoms with E-state index >= 15 is 0 Å². The third-order valence-electron chi connectivity index (χ3n) is 7.82. The first-order valence-corrected chi connectivity index (χ1v) is 14.4. The second-order valence-electron chi connectivity index (χ2n) is 10.8. The molecule has 204 valence electrons. The number of ether oxygens (including phenoxy) is 2. The van der Waals surface area contributed by atoms with Gasteiger partial charge in [0.05, 0.1) is 12.2 Å². The van der Waals surface area contributed by atoms with Gasteiger partial charge in [0, 0.05) is 12.7 Å². The Morgan fingerprint density at radius 3 is 2.37 bits per heavy atom. The molecule has 0 aromatic heterocycles. The van der Waals surface area contributed by atoms with Crippen LogP contribution in [-0.4, -0.2) is 29.0 Å². The Balaban J connectivity index is 1.50. The first-order valence-electron chi connectivity index (χ1n) is 14.4. The molecule has 4 rings (SSSR count). The van der Waals surface area contributed by atoms with Gasteiger partial charge in [-0.1, -0.05) is 73.2 Å². The highest BCUT2D eigenvalue weighted by Gasteiger charge is 2.31. The van der Waals surface area contributed by atoms with E-state index in [0.717, 1.165) is 80.4 Å². The van der Waals surface area contributed by atoms with E-state index in [0.29, 0.717) is 12.5 Å². The van der Waals surface area contributed by atoms with Crippen LogP contribution >= 0.6 is 0 Å². The zero-order valence-electron chi connectivity index (χ0n) is 22.8. The maximum Gasteiger partial charge on any atom is 0.126 e. The van der Waals surface area contributed by atoms with Crippen LogP contribution in [0.2, 0.25) is 0 Å². The van der Waals surface area contributed by atoms with Gasteiger partial charge in [0.2, 0.25) is 0 Å². The molecule has 38 heavy (non-hydrogen) atoms. The van der Waals surface area contributed by atoms with E-state index in [-0.39, 0.29) is 24.7 Å². The van der Waals surface area contributed by atoms with Crippen molar-refractivity contribution in [3.05, 3.63) is 95.6 Å². The summed E-state index contributed by atoms with van der Waals surface area (Å²) < 4.78 is 12.8. The predicted octanol–water partition coefficient (Wildman–Crippen LogP) is 7.46. The van der Waals surface area contributed by atoms with Crippen molar-refractivity contribution in [2.75, 3.05) is 6.61 Å². The van der Waals surface area contributed by atoms with Crippen LogP contribution in [0.1, 0.15) is 80.9 Å². The van der Waals surface area contributed by atoms with Gasteiger partial charge in [-0.3, -0.25) is 0 Å². The first-order chi connectivity index (χ1) is 18.6. The Morgan fingerprint density at radius 1 is 0.895 bits per heavy atom. The molecule has 0 heterocycles. The van der Waals surface area contributed by atoms with E-state index in [1.807, 2.05) is 24.3 Å². The molecule has 1 unspecified atom stereocenters. The summed E-state index contributed by atoms with van der Waals surface area (Å²) in [6, 6.07) is 27.1. The van der Waals surface area contributed by atoms with Crippen LogP contribution in [0.4, 0.5) is 0 Å². The third kappa shape index (κ3) is 8.61. The Labute approximate surface area is 228 Å². The molecule has 4 nitrogen and oxygen atoms in total. The molecule has 1 aliphatic rings. The lowest BCUT2D eigenvalue weighted by Crippen LogP contribution is -2.18. The molecule has 3 aromatic carbocycles. The van der Waals surface area contributed by atoms with Gasteiger partial charge in [-0.2, -0.15) is 0 Å². The molecule has 0 amide bonds. The fraction of sp³-hybridized carbons (Fsp3) is 0.471. The van der Waals surface area contributed by atoms with Crippen LogP contribution < -0.4 is 9.47 Å². The van der Waals surface area contributed by atoms with E-state index in [1.165, 1.54) is 5.56 Å². The fourth-order valence-electron chi connectivity index (χ4n) is 5.78. The maximum atomic E-state index is 10.7. The summed E-state index contributed by atoms with van der Waals surface area (Å²) in [5.74, 6) is 2.28. The van der Waals surface area contributed by atoms with Gasteiger partial charge >= 0.3 is 0 Å². The van der Waals surface area contributed by atoms with Crippen LogP contribution in [0.5, 0.6) is 11.5 Å². The molecule has 0 bridgehead atoms. The van der Waals surface area contributed by atoms with Crippen LogP contribution in [0.25, 0.3) is 0 Å². The molecule has 4 heteroatoms. The summed E-state index contributed by atoms with van der Waals surface area (Å²) in [5, 5.41) is 20.2. The minimum absolute atomic E-state index is 0.101. The summed E-state index contributed by atoms with van der Waals surface area (Å²) in [7, 11) is 0. The zero-order chi connectivity index (χ0) is 26.6. The molecule has 0 radical (unpaired) electrons. The number of hydrogen-bond donors (Lipinski definition) is 2. The first kappa shape index (κ1) is 28.2. The average molecular weight is 517 g/mol. The van der Waals surface area contributed by atoms with Gasteiger partial charge in [0.15, 0.2) is 0 Å². The Kier molecular flexibility index (Phi) is 11.1. The Hall–Kier alpha value is -2.82. The highest BCUT2D eigenvalue weighted by molar-refractivity contribution is 5.43. The van der Waals surface area contributed by atoms with E-state index < -0.39 is 0 Å². The van der Waals surface area contributed by atoms with Crippen molar-refractivity contribution in [1.82, 2.24) is 0 Å². The zero-order valence-corrected chi connectivity index (χ0v) is 22.8. The number of aliphatic hydroxyl groups is 2. The topological polar surface area (TPSA) is 58.9 Å². The summed E-state index contributed by atoms with van der Waals surface area (Å²) >= 11 is 0. The van der Waals surface area contributed by atoms with Gasteiger partial charge in [-0.25, -0.2) is 0 Å². The number of aliphatic hydroxyl groups excluding tert-OH is 2. The van der Waals surface area contributed by atoms with Crippen molar-refractivity contribution in [2.45, 2.75) is 89.4 Å². The number of hydrogen-bond acceptors (Lipinski definition) is 4. The van der Waals surface area contributed by atoms with Gasteiger partial charge < -0.3 is 19.7 Å². The summed E-state index contributed by atoms with van der Waals surface area (Å²) in [6.07, 6.45) is 8.32. The molecule has 1 saturated carbocycles. The number of aryl methyl sites for hydroxylation is 1. The lowest BCUT2D eigenvalue weighted by molar-refractivity contribution is 0.146. The molecule has 0 spiro atoms. The van der Waals surface area contributed by atoms with Crippen molar-refractivity contribution in [3.8, 4) is 11.5 Å². The lowest BCUT2D eigenvalue weighted by atomic mass is 9.79. The molecule has 4 atom stereocenters. The standard InChI is InChI=1S/C34H44O4/c1-26(11-8-16-27-12-4-2-5-13-27)38-31-20-21-32(34(24-31)37-25-28-14-6-3-7-15-28)33-23-30(36)19-9-17-29(33)18-10-22-35/h2-7,12-15,20-21,24,26,29-30,33,35-36H,8-11,16-19,22-23,25H2,1H3/t26?,29-,30+,33+/m0/s1. The molecular formula is C34H44O4. The second-order valence-corrected chi connectivity index (χ2v) is 10.8. The quantitative estimate of drug-likeness (QED) is 0.232. The van der Waals surface area contributed by atoms with Gasteiger partial charge in [0.1, 0.15) is 18.1 Å². The van der Waals surface area contributed by atoms with Crippen LogP contribution in [-0.2, 0) is 13.0 Å². The monoisotopic (exact) mass is 516 g/mol. The van der Waals surface area contributed by atoms with Crippen LogP contribution in [0.3, 0.4) is 0 Å². The van der Waals surface area contributed by atoms with Crippen molar-refractivity contribution in [2.24, 2.45) is 5.92 Å². The smallest absolute Gasteiger partial charge is 0.126 e. The second kappa shape index (κ2) is 14.9. The maximum absolute atomic E-state index is 10.7.